The van der Waals surface area contributed by atoms with Crippen molar-refractivity contribution in [2.24, 2.45) is 5.92 Å². The Morgan fingerprint density at radius 1 is 1.50 bits per heavy atom. The molecule has 1 heterocycles. The number of amides is 1. The van der Waals surface area contributed by atoms with Gasteiger partial charge in [0.15, 0.2) is 0 Å². The van der Waals surface area contributed by atoms with Crippen LogP contribution in [0.5, 0.6) is 0 Å². The minimum absolute atomic E-state index is 0.122. The molecular weight excluding hydrogens is 202 g/mol. The highest BCUT2D eigenvalue weighted by molar-refractivity contribution is 5.68. The first kappa shape index (κ1) is 11.5. The second-order valence-corrected chi connectivity index (χ2v) is 5.07. The highest BCUT2D eigenvalue weighted by Gasteiger charge is 2.25. The Morgan fingerprint density at radius 3 is 2.69 bits per heavy atom. The second kappa shape index (κ2) is 4.89. The van der Waals surface area contributed by atoms with Gasteiger partial charge in [-0.2, -0.15) is 0 Å². The predicted octanol–water partition coefficient (Wildman–Crippen LogP) is 2.96. The molecule has 1 aliphatic heterocycles. The first-order valence-electron chi connectivity index (χ1n) is 6.31. The van der Waals surface area contributed by atoms with Crippen molar-refractivity contribution in [2.45, 2.75) is 45.6 Å². The normalized spacial score (nSPS) is 21.7. The van der Waals surface area contributed by atoms with Gasteiger partial charge >= 0.3 is 6.09 Å². The molecule has 1 aliphatic carbocycles. The van der Waals surface area contributed by atoms with Crippen molar-refractivity contribution in [3.63, 3.8) is 0 Å². The molecule has 1 saturated carbocycles. The van der Waals surface area contributed by atoms with Gasteiger partial charge in [0.2, 0.25) is 0 Å². The van der Waals surface area contributed by atoms with Crippen LogP contribution in [0.3, 0.4) is 0 Å². The average Bonchev–Trinajstić information content (AvgIpc) is 2.23. The topological polar surface area (TPSA) is 29.5 Å². The van der Waals surface area contributed by atoms with Gasteiger partial charge in [-0.3, -0.25) is 0 Å². The third kappa shape index (κ3) is 2.57. The molecule has 2 aliphatic rings. The zero-order valence-electron chi connectivity index (χ0n) is 10.2. The van der Waals surface area contributed by atoms with E-state index in [1.807, 2.05) is 4.90 Å². The molecule has 0 aromatic heterocycles. The third-order valence-electron chi connectivity index (χ3n) is 3.56. The highest BCUT2D eigenvalue weighted by Crippen LogP contribution is 2.24. The number of carbonyl (C=O) groups is 1. The first-order chi connectivity index (χ1) is 7.66. The predicted molar refractivity (Wildman–Crippen MR) is 63.2 cm³/mol. The quantitative estimate of drug-likeness (QED) is 0.673. The van der Waals surface area contributed by atoms with E-state index in [0.29, 0.717) is 5.92 Å². The molecule has 0 saturated heterocycles. The minimum Gasteiger partial charge on any atom is -0.446 e. The van der Waals surface area contributed by atoms with Crippen molar-refractivity contribution in [2.75, 3.05) is 13.1 Å². The van der Waals surface area contributed by atoms with Crippen LogP contribution in [0.2, 0.25) is 0 Å². The maximum Gasteiger partial charge on any atom is 0.410 e. The molecule has 90 valence electrons. The Hall–Kier alpha value is -0.990. The van der Waals surface area contributed by atoms with E-state index in [1.54, 1.807) is 0 Å². The molecule has 3 heteroatoms. The molecule has 0 aromatic carbocycles. The van der Waals surface area contributed by atoms with Crippen LogP contribution in [0.15, 0.2) is 11.6 Å². The molecule has 0 aromatic rings. The number of carbonyl (C=O) groups excluding carboxylic acids is 1. The fourth-order valence-electron chi connectivity index (χ4n) is 2.08. The number of hydrogen-bond donors (Lipinski definition) is 0. The van der Waals surface area contributed by atoms with Gasteiger partial charge in [0.1, 0.15) is 6.10 Å². The van der Waals surface area contributed by atoms with Crippen LogP contribution in [0, 0.1) is 5.92 Å². The zero-order valence-corrected chi connectivity index (χ0v) is 10.2. The Labute approximate surface area is 97.5 Å². The van der Waals surface area contributed by atoms with Crippen LogP contribution in [-0.4, -0.2) is 30.2 Å². The Morgan fingerprint density at radius 2 is 2.25 bits per heavy atom. The summed E-state index contributed by atoms with van der Waals surface area (Å²) in [5, 5.41) is 0. The lowest BCUT2D eigenvalue weighted by atomic mass is 9.96. The maximum atomic E-state index is 11.8. The van der Waals surface area contributed by atoms with Crippen molar-refractivity contribution < 1.29 is 9.53 Å². The lowest BCUT2D eigenvalue weighted by Gasteiger charge is -2.31. The van der Waals surface area contributed by atoms with Gasteiger partial charge in [-0.05, 0) is 31.6 Å². The molecule has 3 nitrogen and oxygen atoms in total. The van der Waals surface area contributed by atoms with E-state index >= 15 is 0 Å². The SMILES string of the molecule is CC(C)C1=CCN(C(=O)OC2CCC2)CC1. The Balaban J connectivity index is 1.81. The van der Waals surface area contributed by atoms with Gasteiger partial charge in [-0.15, -0.1) is 0 Å². The summed E-state index contributed by atoms with van der Waals surface area (Å²) in [6.45, 7) is 5.94. The van der Waals surface area contributed by atoms with Crippen LogP contribution in [0.25, 0.3) is 0 Å². The molecule has 2 rings (SSSR count). The summed E-state index contributed by atoms with van der Waals surface area (Å²) >= 11 is 0. The number of ether oxygens (including phenoxy) is 1. The van der Waals surface area contributed by atoms with E-state index in [9.17, 15) is 4.79 Å². The molecule has 1 amide bonds. The van der Waals surface area contributed by atoms with E-state index in [4.69, 9.17) is 4.74 Å². The molecular formula is C13H21NO2. The Kier molecular flexibility index (Phi) is 3.52. The van der Waals surface area contributed by atoms with Crippen molar-refractivity contribution >= 4 is 6.09 Å². The van der Waals surface area contributed by atoms with Crippen LogP contribution in [0.4, 0.5) is 4.79 Å². The summed E-state index contributed by atoms with van der Waals surface area (Å²) in [6.07, 6.45) is 6.55. The molecule has 0 bridgehead atoms. The van der Waals surface area contributed by atoms with Gasteiger partial charge < -0.3 is 9.64 Å². The van der Waals surface area contributed by atoms with Crippen LogP contribution in [0.1, 0.15) is 39.5 Å². The summed E-state index contributed by atoms with van der Waals surface area (Å²) in [7, 11) is 0. The standard InChI is InChI=1S/C13H21NO2/c1-10(2)11-6-8-14(9-7-11)13(15)16-12-4-3-5-12/h6,10,12H,3-5,7-9H2,1-2H3. The molecule has 1 fully saturated rings. The molecule has 0 radical (unpaired) electrons. The highest BCUT2D eigenvalue weighted by atomic mass is 16.6. The summed E-state index contributed by atoms with van der Waals surface area (Å²) in [6, 6.07) is 0. The van der Waals surface area contributed by atoms with Gasteiger partial charge in [0.25, 0.3) is 0 Å². The van der Waals surface area contributed by atoms with Crippen molar-refractivity contribution in [1.82, 2.24) is 4.90 Å². The van der Waals surface area contributed by atoms with Gasteiger partial charge in [0, 0.05) is 13.1 Å². The van der Waals surface area contributed by atoms with E-state index in [-0.39, 0.29) is 12.2 Å². The minimum atomic E-state index is -0.122. The maximum absolute atomic E-state index is 11.8. The van der Waals surface area contributed by atoms with E-state index in [0.717, 1.165) is 32.4 Å². The van der Waals surface area contributed by atoms with Crippen LogP contribution in [-0.2, 0) is 4.74 Å². The summed E-state index contributed by atoms with van der Waals surface area (Å²) in [4.78, 5) is 13.6. The molecule has 0 N–H and O–H groups in total. The van der Waals surface area contributed by atoms with Crippen LogP contribution < -0.4 is 0 Å². The monoisotopic (exact) mass is 223 g/mol. The lowest BCUT2D eigenvalue weighted by Crippen LogP contribution is -2.39. The lowest BCUT2D eigenvalue weighted by molar-refractivity contribution is 0.0282. The van der Waals surface area contributed by atoms with Crippen molar-refractivity contribution in [1.29, 1.82) is 0 Å². The van der Waals surface area contributed by atoms with E-state index in [1.165, 1.54) is 12.0 Å². The summed E-state index contributed by atoms with van der Waals surface area (Å²) in [5.74, 6) is 0.602. The molecule has 0 unspecified atom stereocenters. The van der Waals surface area contributed by atoms with Crippen molar-refractivity contribution in [3.05, 3.63) is 11.6 Å². The van der Waals surface area contributed by atoms with E-state index in [2.05, 4.69) is 19.9 Å². The largest absolute Gasteiger partial charge is 0.446 e. The first-order valence-corrected chi connectivity index (χ1v) is 6.31. The number of nitrogens with zero attached hydrogens (tertiary/aromatic N) is 1. The zero-order chi connectivity index (χ0) is 11.5. The fourth-order valence-corrected chi connectivity index (χ4v) is 2.08. The van der Waals surface area contributed by atoms with Crippen molar-refractivity contribution in [3.8, 4) is 0 Å². The fraction of sp³-hybridized carbons (Fsp3) is 0.769. The summed E-state index contributed by atoms with van der Waals surface area (Å²) < 4.78 is 5.38. The summed E-state index contributed by atoms with van der Waals surface area (Å²) in [5.41, 5.74) is 1.47. The molecule has 16 heavy (non-hydrogen) atoms. The van der Waals surface area contributed by atoms with Gasteiger partial charge in [-0.25, -0.2) is 4.79 Å². The number of rotatable bonds is 2. The van der Waals surface area contributed by atoms with Gasteiger partial charge in [0.05, 0.1) is 0 Å². The third-order valence-corrected chi connectivity index (χ3v) is 3.56. The second-order valence-electron chi connectivity index (χ2n) is 5.07. The smallest absolute Gasteiger partial charge is 0.410 e. The average molecular weight is 223 g/mol. The molecule has 0 spiro atoms. The van der Waals surface area contributed by atoms with Crippen LogP contribution >= 0.6 is 0 Å². The number of hydrogen-bond acceptors (Lipinski definition) is 2. The molecule has 0 atom stereocenters. The van der Waals surface area contributed by atoms with Gasteiger partial charge in [-0.1, -0.05) is 25.5 Å². The Bertz CT molecular complexity index is 292. The van der Waals surface area contributed by atoms with E-state index < -0.39 is 0 Å².